The summed E-state index contributed by atoms with van der Waals surface area (Å²) in [6.45, 7) is 6.68. The van der Waals surface area contributed by atoms with Gasteiger partial charge in [0.2, 0.25) is 12.2 Å². The molecular weight excluding hydrogens is 344 g/mol. The number of rotatable bonds is 8. The van der Waals surface area contributed by atoms with Crippen LogP contribution in [0.25, 0.3) is 0 Å². The summed E-state index contributed by atoms with van der Waals surface area (Å²) in [5.74, 6) is -0.533. The molecule has 0 spiro atoms. The molecule has 0 aliphatic carbocycles. The molecule has 2 atom stereocenters. The van der Waals surface area contributed by atoms with E-state index in [0.717, 1.165) is 0 Å². The van der Waals surface area contributed by atoms with E-state index in [2.05, 4.69) is 35.3 Å². The predicted octanol–water partition coefficient (Wildman–Crippen LogP) is 1.05. The van der Waals surface area contributed by atoms with Crippen LogP contribution in [-0.2, 0) is 19.1 Å². The van der Waals surface area contributed by atoms with Crippen LogP contribution in [-0.4, -0.2) is 52.5 Å². The van der Waals surface area contributed by atoms with E-state index in [1.54, 1.807) is 13.8 Å². The van der Waals surface area contributed by atoms with Crippen LogP contribution in [0.15, 0.2) is 0 Å². The first-order valence-corrected chi connectivity index (χ1v) is 7.85. The Morgan fingerprint density at radius 3 is 2.13 bits per heavy atom. The number of carbonyl (C=O) groups is 3. The van der Waals surface area contributed by atoms with Crippen molar-refractivity contribution in [1.29, 1.82) is 0 Å². The van der Waals surface area contributed by atoms with Gasteiger partial charge in [0.15, 0.2) is 0 Å². The fourth-order valence-corrected chi connectivity index (χ4v) is 1.58. The van der Waals surface area contributed by atoms with E-state index >= 15 is 0 Å². The van der Waals surface area contributed by atoms with E-state index in [0.29, 0.717) is 5.75 Å². The second-order valence-corrected chi connectivity index (χ2v) is 6.88. The average molecular weight is 370 g/mol. The molecule has 0 radical (unpaired) electrons. The van der Waals surface area contributed by atoms with Gasteiger partial charge in [-0.1, -0.05) is 13.8 Å². The molecule has 0 aliphatic rings. The fraction of sp³-hybridized carbons (Fsp3) is 0.769. The van der Waals surface area contributed by atoms with Gasteiger partial charge in [0, 0.05) is 17.4 Å². The Morgan fingerprint density at radius 1 is 1.35 bits per heavy atom. The zero-order valence-electron chi connectivity index (χ0n) is 13.7. The van der Waals surface area contributed by atoms with Crippen molar-refractivity contribution in [2.45, 2.75) is 51.2 Å². The van der Waals surface area contributed by atoms with Gasteiger partial charge < -0.3 is 25.6 Å². The number of nitrogens with one attached hydrogen (secondary N) is 1. The molecule has 23 heavy (non-hydrogen) atoms. The highest BCUT2D eigenvalue weighted by Crippen LogP contribution is 2.15. The van der Waals surface area contributed by atoms with Gasteiger partial charge >= 0.3 is 12.1 Å². The van der Waals surface area contributed by atoms with Gasteiger partial charge in [-0.15, -0.1) is 0 Å². The minimum atomic E-state index is -0.899. The number of amides is 2. The topological polar surface area (TPSA) is 128 Å². The molecule has 4 N–H and O–H groups in total. The van der Waals surface area contributed by atoms with Crippen LogP contribution >= 0.6 is 25.3 Å². The molecule has 8 nitrogen and oxygen atoms in total. The molecule has 0 fully saturated rings. The fourth-order valence-electron chi connectivity index (χ4n) is 1.25. The second-order valence-electron chi connectivity index (χ2n) is 5.30. The SMILES string of the molecule is CC(=O)N[C@@H](CS)COC(C)OC(N)=O.CC(C)(S)CC(=O)O. The average Bonchev–Trinajstić information content (AvgIpc) is 2.30. The maximum atomic E-state index is 10.7. The van der Waals surface area contributed by atoms with E-state index in [-0.39, 0.29) is 29.7 Å². The van der Waals surface area contributed by atoms with Gasteiger partial charge in [0.25, 0.3) is 0 Å². The Balaban J connectivity index is 0. The van der Waals surface area contributed by atoms with Crippen molar-refractivity contribution in [3.05, 3.63) is 0 Å². The van der Waals surface area contributed by atoms with E-state index in [9.17, 15) is 14.4 Å². The first kappa shape index (κ1) is 24.1. The number of carbonyl (C=O) groups excluding carboxylic acids is 2. The first-order chi connectivity index (χ1) is 10.4. The summed E-state index contributed by atoms with van der Waals surface area (Å²) in [5.41, 5.74) is 4.79. The van der Waals surface area contributed by atoms with Crippen LogP contribution in [0, 0.1) is 0 Å². The van der Waals surface area contributed by atoms with Crippen LogP contribution in [0.2, 0.25) is 0 Å². The second kappa shape index (κ2) is 12.3. The maximum absolute atomic E-state index is 10.7. The Kier molecular flexibility index (Phi) is 12.9. The summed E-state index contributed by atoms with van der Waals surface area (Å²) in [6.07, 6.45) is -1.53. The predicted molar refractivity (Wildman–Crippen MR) is 92.9 cm³/mol. The van der Waals surface area contributed by atoms with E-state index in [1.165, 1.54) is 13.8 Å². The molecule has 0 aromatic rings. The third-order valence-electron chi connectivity index (χ3n) is 2.03. The first-order valence-electron chi connectivity index (χ1n) is 6.77. The lowest BCUT2D eigenvalue weighted by atomic mass is 10.1. The summed E-state index contributed by atoms with van der Waals surface area (Å²) >= 11 is 8.05. The molecule has 0 saturated carbocycles. The summed E-state index contributed by atoms with van der Waals surface area (Å²) in [7, 11) is 0. The van der Waals surface area contributed by atoms with Crippen molar-refractivity contribution in [2.75, 3.05) is 12.4 Å². The molecule has 0 rings (SSSR count). The molecule has 1 unspecified atom stereocenters. The lowest BCUT2D eigenvalue weighted by Gasteiger charge is -2.18. The number of hydrogen-bond donors (Lipinski definition) is 5. The van der Waals surface area contributed by atoms with Crippen LogP contribution in [0.5, 0.6) is 0 Å². The van der Waals surface area contributed by atoms with Crippen molar-refractivity contribution in [3.63, 3.8) is 0 Å². The highest BCUT2D eigenvalue weighted by molar-refractivity contribution is 7.81. The van der Waals surface area contributed by atoms with Gasteiger partial charge in [0.1, 0.15) is 0 Å². The zero-order chi connectivity index (χ0) is 18.6. The molecule has 0 aromatic heterocycles. The quantitative estimate of drug-likeness (QED) is 0.321. The van der Waals surface area contributed by atoms with Crippen molar-refractivity contribution in [1.82, 2.24) is 5.32 Å². The minimum absolute atomic E-state index is 0.107. The van der Waals surface area contributed by atoms with Gasteiger partial charge in [-0.3, -0.25) is 9.59 Å². The highest BCUT2D eigenvalue weighted by Gasteiger charge is 2.15. The smallest absolute Gasteiger partial charge is 0.406 e. The Morgan fingerprint density at radius 2 is 1.87 bits per heavy atom. The number of carboxylic acids is 1. The molecule has 10 heteroatoms. The number of nitrogens with two attached hydrogens (primary N) is 1. The highest BCUT2D eigenvalue weighted by atomic mass is 32.1. The molecule has 136 valence electrons. The molecule has 0 aromatic carbocycles. The van der Waals surface area contributed by atoms with Crippen LogP contribution in [0.4, 0.5) is 4.79 Å². The van der Waals surface area contributed by atoms with Crippen LogP contribution in [0.1, 0.15) is 34.1 Å². The zero-order valence-corrected chi connectivity index (χ0v) is 15.5. The standard InChI is InChI=1S/C8H16N2O4S.C5H10O2S/c1-5(11)10-7(4-15)3-13-6(2)14-8(9)12;1-5(2,8)3-4(6)7/h6-7,15H,3-4H2,1-2H3,(H2,9,12)(H,10,11);8H,3H2,1-2H3,(H,6,7)/t6?,7-;/m1./s1. The van der Waals surface area contributed by atoms with Crippen LogP contribution in [0.3, 0.4) is 0 Å². The monoisotopic (exact) mass is 370 g/mol. The van der Waals surface area contributed by atoms with Gasteiger partial charge in [-0.05, 0) is 6.92 Å². The molecule has 0 bridgehead atoms. The molecule has 2 amide bonds. The number of hydrogen-bond acceptors (Lipinski definition) is 7. The lowest BCUT2D eigenvalue weighted by molar-refractivity contribution is -0.137. The Labute approximate surface area is 147 Å². The third-order valence-corrected chi connectivity index (χ3v) is 2.62. The number of carboxylic acid groups (broad SMARTS) is 1. The summed E-state index contributed by atoms with van der Waals surface area (Å²) in [5, 5.41) is 10.8. The number of ether oxygens (including phenoxy) is 2. The van der Waals surface area contributed by atoms with Crippen molar-refractivity contribution >= 4 is 43.2 Å². The van der Waals surface area contributed by atoms with E-state index < -0.39 is 18.4 Å². The van der Waals surface area contributed by atoms with E-state index in [1.807, 2.05) is 0 Å². The third kappa shape index (κ3) is 20.9. The van der Waals surface area contributed by atoms with Gasteiger partial charge in [-0.25, -0.2) is 4.79 Å². The Hall–Kier alpha value is -1.13. The lowest BCUT2D eigenvalue weighted by Crippen LogP contribution is -2.39. The van der Waals surface area contributed by atoms with E-state index in [4.69, 9.17) is 15.6 Å². The summed E-state index contributed by atoms with van der Waals surface area (Å²) in [6, 6.07) is -0.218. The molecule has 0 aliphatic heterocycles. The largest absolute Gasteiger partial charge is 0.481 e. The number of primary amides is 1. The number of aliphatic carboxylic acids is 1. The van der Waals surface area contributed by atoms with Gasteiger partial charge in [0.05, 0.1) is 19.1 Å². The molecule has 0 saturated heterocycles. The van der Waals surface area contributed by atoms with Gasteiger partial charge in [-0.2, -0.15) is 25.3 Å². The summed E-state index contributed by atoms with van der Waals surface area (Å²) in [4.78, 5) is 31.0. The minimum Gasteiger partial charge on any atom is -0.481 e. The summed E-state index contributed by atoms with van der Waals surface area (Å²) < 4.78 is 9.27. The maximum Gasteiger partial charge on any atom is 0.406 e. The van der Waals surface area contributed by atoms with Crippen molar-refractivity contribution < 1.29 is 29.0 Å². The molecular formula is C13H26N2O6S2. The molecule has 0 heterocycles. The van der Waals surface area contributed by atoms with Crippen molar-refractivity contribution in [2.24, 2.45) is 5.73 Å². The normalized spacial score (nSPS) is 13.1. The Bertz CT molecular complexity index is 387. The number of thiol groups is 2. The van der Waals surface area contributed by atoms with Crippen LogP contribution < -0.4 is 11.1 Å². The van der Waals surface area contributed by atoms with Crippen molar-refractivity contribution in [3.8, 4) is 0 Å².